The summed E-state index contributed by atoms with van der Waals surface area (Å²) in [6.07, 6.45) is 4.00. The van der Waals surface area contributed by atoms with Crippen LogP contribution in [0.4, 0.5) is 5.69 Å². The van der Waals surface area contributed by atoms with E-state index < -0.39 is 0 Å². The number of benzene rings is 1. The summed E-state index contributed by atoms with van der Waals surface area (Å²) in [6, 6.07) is 11.2. The Balaban J connectivity index is 1.73. The molecule has 1 aromatic carbocycles. The Morgan fingerprint density at radius 1 is 1.25 bits per heavy atom. The molecule has 0 saturated carbocycles. The smallest absolute Gasteiger partial charge is 0.267 e. The largest absolute Gasteiger partial charge is 0.347 e. The first-order valence-corrected chi connectivity index (χ1v) is 7.78. The van der Waals surface area contributed by atoms with Gasteiger partial charge in [-0.1, -0.05) is 18.2 Å². The molecule has 1 N–H and O–H groups in total. The maximum atomic E-state index is 12.3. The molecule has 2 amide bonds. The van der Waals surface area contributed by atoms with Gasteiger partial charge in [-0.25, -0.2) is 5.01 Å². The second-order valence-electron chi connectivity index (χ2n) is 5.64. The van der Waals surface area contributed by atoms with Crippen LogP contribution in [0.5, 0.6) is 0 Å². The molecule has 0 spiro atoms. The van der Waals surface area contributed by atoms with Crippen LogP contribution in [0.25, 0.3) is 0 Å². The van der Waals surface area contributed by atoms with Gasteiger partial charge in [0.25, 0.3) is 5.91 Å². The molecule has 0 saturated heterocycles. The zero-order chi connectivity index (χ0) is 16.9. The Morgan fingerprint density at radius 2 is 2.12 bits per heavy atom. The fourth-order valence-electron chi connectivity index (χ4n) is 2.47. The molecule has 0 fully saturated rings. The average Bonchev–Trinajstić information content (AvgIpc) is 2.61. The van der Waals surface area contributed by atoms with E-state index >= 15 is 0 Å². The van der Waals surface area contributed by atoms with Gasteiger partial charge in [0.1, 0.15) is 5.71 Å². The predicted octanol–water partition coefficient (Wildman–Crippen LogP) is 2.19. The van der Waals surface area contributed by atoms with Gasteiger partial charge in [0.05, 0.1) is 5.69 Å². The lowest BCUT2D eigenvalue weighted by atomic mass is 10.1. The molecule has 2 aromatic rings. The van der Waals surface area contributed by atoms with Crippen molar-refractivity contribution in [2.24, 2.45) is 5.10 Å². The predicted molar refractivity (Wildman–Crippen MR) is 91.4 cm³/mol. The number of amides is 2. The highest BCUT2D eigenvalue weighted by Gasteiger charge is 2.25. The molecule has 24 heavy (non-hydrogen) atoms. The first-order valence-electron chi connectivity index (χ1n) is 7.78. The van der Waals surface area contributed by atoms with E-state index in [2.05, 4.69) is 15.4 Å². The summed E-state index contributed by atoms with van der Waals surface area (Å²) in [6.45, 7) is 2.33. The molecule has 1 aliphatic rings. The summed E-state index contributed by atoms with van der Waals surface area (Å²) in [7, 11) is 0. The number of rotatable bonds is 4. The van der Waals surface area contributed by atoms with Crippen molar-refractivity contribution in [1.82, 2.24) is 10.3 Å². The molecule has 2 heterocycles. The van der Waals surface area contributed by atoms with Gasteiger partial charge in [-0.2, -0.15) is 5.10 Å². The van der Waals surface area contributed by atoms with Gasteiger partial charge in [0, 0.05) is 31.8 Å². The van der Waals surface area contributed by atoms with Crippen LogP contribution in [0, 0.1) is 6.92 Å². The van der Waals surface area contributed by atoms with E-state index in [4.69, 9.17) is 0 Å². The van der Waals surface area contributed by atoms with Crippen LogP contribution >= 0.6 is 0 Å². The average molecular weight is 322 g/mol. The highest BCUT2D eigenvalue weighted by atomic mass is 16.2. The van der Waals surface area contributed by atoms with Crippen molar-refractivity contribution in [3.05, 3.63) is 59.9 Å². The number of hydrazone groups is 1. The van der Waals surface area contributed by atoms with Crippen LogP contribution in [0.3, 0.4) is 0 Å². The lowest BCUT2D eigenvalue weighted by Gasteiger charge is -2.23. The molecule has 0 unspecified atom stereocenters. The molecule has 1 aliphatic heterocycles. The van der Waals surface area contributed by atoms with Crippen molar-refractivity contribution in [1.29, 1.82) is 0 Å². The lowest BCUT2D eigenvalue weighted by molar-refractivity contribution is -0.119. The van der Waals surface area contributed by atoms with Gasteiger partial charge in [-0.05, 0) is 36.2 Å². The lowest BCUT2D eigenvalue weighted by Crippen LogP contribution is -2.38. The van der Waals surface area contributed by atoms with Gasteiger partial charge in [-0.15, -0.1) is 0 Å². The number of carbonyl (C=O) groups excluding carboxylic acids is 2. The maximum Gasteiger partial charge on any atom is 0.267 e. The van der Waals surface area contributed by atoms with Gasteiger partial charge in [-0.3, -0.25) is 14.6 Å². The van der Waals surface area contributed by atoms with Crippen LogP contribution in [0.15, 0.2) is 53.9 Å². The number of aromatic nitrogens is 1. The first-order chi connectivity index (χ1) is 11.6. The third-order valence-electron chi connectivity index (χ3n) is 3.72. The molecule has 0 aliphatic carbocycles. The molecule has 1 aromatic heterocycles. The summed E-state index contributed by atoms with van der Waals surface area (Å²) < 4.78 is 0. The zero-order valence-electron chi connectivity index (χ0n) is 13.4. The molecule has 0 atom stereocenters. The Morgan fingerprint density at radius 3 is 2.88 bits per heavy atom. The van der Waals surface area contributed by atoms with Crippen molar-refractivity contribution in [3.8, 4) is 0 Å². The fourth-order valence-corrected chi connectivity index (χ4v) is 2.47. The highest BCUT2D eigenvalue weighted by Crippen LogP contribution is 2.21. The summed E-state index contributed by atoms with van der Waals surface area (Å²) in [4.78, 5) is 28.5. The minimum absolute atomic E-state index is 0.107. The Bertz CT molecular complexity index is 787. The summed E-state index contributed by atoms with van der Waals surface area (Å²) >= 11 is 0. The summed E-state index contributed by atoms with van der Waals surface area (Å²) in [5.41, 5.74) is 2.98. The summed E-state index contributed by atoms with van der Waals surface area (Å²) in [5, 5.41) is 8.39. The minimum Gasteiger partial charge on any atom is -0.347 e. The Kier molecular flexibility index (Phi) is 4.65. The number of hydrogen-bond acceptors (Lipinski definition) is 4. The molecular formula is C18H18N4O2. The molecule has 122 valence electrons. The van der Waals surface area contributed by atoms with Crippen molar-refractivity contribution in [2.75, 3.05) is 5.01 Å². The SMILES string of the molecule is Cc1cccc(N2N=C(C(=O)NCc3cccnc3)CCC2=O)c1. The zero-order valence-corrected chi connectivity index (χ0v) is 13.4. The molecule has 6 nitrogen and oxygen atoms in total. The Labute approximate surface area is 140 Å². The molecule has 6 heteroatoms. The van der Waals surface area contributed by atoms with E-state index in [9.17, 15) is 9.59 Å². The quantitative estimate of drug-likeness (QED) is 0.937. The molecule has 0 radical (unpaired) electrons. The number of aryl methyl sites for hydroxylation is 1. The normalized spacial score (nSPS) is 14.3. The fraction of sp³-hybridized carbons (Fsp3) is 0.222. The van der Waals surface area contributed by atoms with Gasteiger partial charge < -0.3 is 5.32 Å². The van der Waals surface area contributed by atoms with Crippen LogP contribution < -0.4 is 10.3 Å². The standard InChI is InChI=1S/C18H18N4O2/c1-13-4-2-6-15(10-13)22-17(23)8-7-16(21-22)18(24)20-12-14-5-3-9-19-11-14/h2-6,9-11H,7-8,12H2,1H3,(H,20,24). The van der Waals surface area contributed by atoms with Crippen LogP contribution in [-0.2, 0) is 16.1 Å². The van der Waals surface area contributed by atoms with E-state index in [1.54, 1.807) is 12.4 Å². The van der Waals surface area contributed by atoms with Gasteiger partial charge >= 0.3 is 0 Å². The van der Waals surface area contributed by atoms with E-state index in [-0.39, 0.29) is 18.2 Å². The highest BCUT2D eigenvalue weighted by molar-refractivity contribution is 6.40. The minimum atomic E-state index is -0.260. The molecule has 0 bridgehead atoms. The van der Waals surface area contributed by atoms with Crippen molar-refractivity contribution < 1.29 is 9.59 Å². The van der Waals surface area contributed by atoms with Crippen LogP contribution in [0.2, 0.25) is 0 Å². The van der Waals surface area contributed by atoms with Crippen molar-refractivity contribution in [2.45, 2.75) is 26.3 Å². The maximum absolute atomic E-state index is 12.3. The summed E-state index contributed by atoms with van der Waals surface area (Å²) in [5.74, 6) is -0.367. The number of nitrogens with one attached hydrogen (secondary N) is 1. The number of pyridine rings is 1. The third kappa shape index (κ3) is 3.65. The van der Waals surface area contributed by atoms with Gasteiger partial charge in [0.2, 0.25) is 5.91 Å². The van der Waals surface area contributed by atoms with Crippen LogP contribution in [0.1, 0.15) is 24.0 Å². The molecule has 3 rings (SSSR count). The number of carbonyl (C=O) groups is 2. The first kappa shape index (κ1) is 15.9. The monoisotopic (exact) mass is 322 g/mol. The second-order valence-corrected chi connectivity index (χ2v) is 5.64. The van der Waals surface area contributed by atoms with Gasteiger partial charge in [0.15, 0.2) is 0 Å². The Hall–Kier alpha value is -3.02. The number of hydrogen-bond donors (Lipinski definition) is 1. The van der Waals surface area contributed by atoms with Crippen molar-refractivity contribution >= 4 is 23.2 Å². The third-order valence-corrected chi connectivity index (χ3v) is 3.72. The van der Waals surface area contributed by atoms with E-state index in [1.807, 2.05) is 43.3 Å². The van der Waals surface area contributed by atoms with Crippen molar-refractivity contribution in [3.63, 3.8) is 0 Å². The van der Waals surface area contributed by atoms with E-state index in [0.29, 0.717) is 24.4 Å². The van der Waals surface area contributed by atoms with E-state index in [0.717, 1.165) is 11.1 Å². The van der Waals surface area contributed by atoms with Crippen LogP contribution in [-0.4, -0.2) is 22.5 Å². The van der Waals surface area contributed by atoms with E-state index in [1.165, 1.54) is 5.01 Å². The second kappa shape index (κ2) is 7.04. The number of anilines is 1. The molecular weight excluding hydrogens is 304 g/mol. The topological polar surface area (TPSA) is 74.7 Å². The number of nitrogens with zero attached hydrogens (tertiary/aromatic N) is 3.